The van der Waals surface area contributed by atoms with Crippen LogP contribution < -0.4 is 10.1 Å². The van der Waals surface area contributed by atoms with Gasteiger partial charge in [0.15, 0.2) is 0 Å². The second-order valence-corrected chi connectivity index (χ2v) is 9.53. The molecule has 9 heteroatoms. The van der Waals surface area contributed by atoms with Gasteiger partial charge < -0.3 is 19.9 Å². The Kier molecular flexibility index (Phi) is 6.61. The monoisotopic (exact) mass is 502 g/mol. The van der Waals surface area contributed by atoms with Crippen molar-refractivity contribution in [3.8, 4) is 5.75 Å². The number of benzene rings is 1. The summed E-state index contributed by atoms with van der Waals surface area (Å²) in [6.07, 6.45) is 8.32. The van der Waals surface area contributed by atoms with E-state index in [1.165, 1.54) is 12.4 Å². The molecule has 1 aliphatic heterocycles. The van der Waals surface area contributed by atoms with E-state index >= 15 is 0 Å². The largest absolute Gasteiger partial charge is 0.486 e. The van der Waals surface area contributed by atoms with E-state index in [1.54, 1.807) is 6.20 Å². The number of pyridine rings is 1. The number of carbonyl (C=O) groups excluding carboxylic acids is 1. The van der Waals surface area contributed by atoms with Gasteiger partial charge in [0.25, 0.3) is 0 Å². The fraction of sp³-hybridized carbons (Fsp3) is 0.259. The Bertz CT molecular complexity index is 1400. The zero-order chi connectivity index (χ0) is 25.1. The lowest BCUT2D eigenvalue weighted by atomic mass is 9.74. The Labute approximate surface area is 214 Å². The summed E-state index contributed by atoms with van der Waals surface area (Å²) in [6.45, 7) is 7.53. The SMILES string of the molecule is C=CC(=O)N1CCC(C)(c2c[nH]c3ncnc(Nc4ccc(OCc5ccccn5)c(Cl)c4)c23)CC1. The van der Waals surface area contributed by atoms with E-state index in [1.807, 2.05) is 47.5 Å². The number of anilines is 2. The minimum Gasteiger partial charge on any atom is -0.486 e. The van der Waals surface area contributed by atoms with Crippen LogP contribution in [0, 0.1) is 0 Å². The van der Waals surface area contributed by atoms with Crippen molar-refractivity contribution in [1.82, 2.24) is 24.8 Å². The van der Waals surface area contributed by atoms with E-state index in [-0.39, 0.29) is 11.3 Å². The van der Waals surface area contributed by atoms with Gasteiger partial charge in [-0.25, -0.2) is 9.97 Å². The summed E-state index contributed by atoms with van der Waals surface area (Å²) in [5, 5.41) is 4.83. The predicted octanol–water partition coefficient (Wildman–Crippen LogP) is 5.40. The number of halogens is 1. The molecule has 1 aliphatic rings. The molecule has 1 aromatic carbocycles. The van der Waals surface area contributed by atoms with Crippen molar-refractivity contribution in [2.75, 3.05) is 18.4 Å². The lowest BCUT2D eigenvalue weighted by molar-refractivity contribution is -0.127. The number of H-pyrrole nitrogens is 1. The fourth-order valence-electron chi connectivity index (χ4n) is 4.62. The first kappa shape index (κ1) is 23.8. The summed E-state index contributed by atoms with van der Waals surface area (Å²) in [5.41, 5.74) is 3.38. The number of aromatic amines is 1. The summed E-state index contributed by atoms with van der Waals surface area (Å²) in [7, 11) is 0. The molecule has 1 fully saturated rings. The van der Waals surface area contributed by atoms with Crippen LogP contribution in [0.5, 0.6) is 5.75 Å². The number of nitrogens with zero attached hydrogens (tertiary/aromatic N) is 4. The van der Waals surface area contributed by atoms with Crippen molar-refractivity contribution >= 4 is 40.0 Å². The second kappa shape index (κ2) is 9.99. The molecule has 4 aromatic rings. The first-order valence-electron chi connectivity index (χ1n) is 11.8. The standard InChI is InChI=1S/C27H27ClN6O2/c1-3-23(35)34-12-9-27(2,10-13-34)20-15-30-25-24(20)26(32-17-31-25)33-18-7-8-22(21(28)14-18)36-16-19-6-4-5-11-29-19/h3-8,11,14-15,17H,1,9-10,12-13,16H2,2H3,(H2,30,31,32,33). The van der Waals surface area contributed by atoms with Gasteiger partial charge in [0.05, 0.1) is 16.1 Å². The van der Waals surface area contributed by atoms with Crippen LogP contribution in [0.1, 0.15) is 31.0 Å². The van der Waals surface area contributed by atoms with E-state index in [4.69, 9.17) is 16.3 Å². The quantitative estimate of drug-likeness (QED) is 0.329. The first-order valence-corrected chi connectivity index (χ1v) is 12.2. The maximum atomic E-state index is 12.0. The molecular weight excluding hydrogens is 476 g/mol. The van der Waals surface area contributed by atoms with E-state index < -0.39 is 0 Å². The number of carbonyl (C=O) groups is 1. The molecule has 5 rings (SSSR count). The highest BCUT2D eigenvalue weighted by molar-refractivity contribution is 6.32. The molecule has 1 saturated heterocycles. The number of likely N-dealkylation sites (tertiary alicyclic amines) is 1. The van der Waals surface area contributed by atoms with Crippen LogP contribution in [0.15, 0.2) is 67.8 Å². The fourth-order valence-corrected chi connectivity index (χ4v) is 4.86. The Morgan fingerprint density at radius 1 is 1.25 bits per heavy atom. The lowest BCUT2D eigenvalue weighted by Crippen LogP contribution is -2.43. The van der Waals surface area contributed by atoms with Gasteiger partial charge in [-0.3, -0.25) is 9.78 Å². The number of rotatable bonds is 7. The molecule has 0 radical (unpaired) electrons. The first-order chi connectivity index (χ1) is 17.5. The lowest BCUT2D eigenvalue weighted by Gasteiger charge is -2.39. The molecule has 0 unspecified atom stereocenters. The van der Waals surface area contributed by atoms with Gasteiger partial charge in [-0.1, -0.05) is 31.2 Å². The van der Waals surface area contributed by atoms with Crippen LogP contribution >= 0.6 is 11.6 Å². The van der Waals surface area contributed by atoms with Crippen molar-refractivity contribution in [3.05, 3.63) is 84.1 Å². The number of aromatic nitrogens is 4. The number of fused-ring (bicyclic) bond motifs is 1. The number of nitrogens with one attached hydrogen (secondary N) is 2. The topological polar surface area (TPSA) is 96.0 Å². The average molecular weight is 503 g/mol. The number of amides is 1. The zero-order valence-corrected chi connectivity index (χ0v) is 20.8. The van der Waals surface area contributed by atoms with E-state index in [2.05, 4.69) is 38.8 Å². The molecule has 3 aromatic heterocycles. The van der Waals surface area contributed by atoms with Gasteiger partial charge in [-0.05, 0) is 60.2 Å². The van der Waals surface area contributed by atoms with E-state index in [9.17, 15) is 4.79 Å². The molecular formula is C27H27ClN6O2. The van der Waals surface area contributed by atoms with Gasteiger partial charge in [-0.2, -0.15) is 0 Å². The van der Waals surface area contributed by atoms with Crippen molar-refractivity contribution in [2.24, 2.45) is 0 Å². The number of ether oxygens (including phenoxy) is 1. The Balaban J connectivity index is 1.37. The third-order valence-corrected chi connectivity index (χ3v) is 7.07. The van der Waals surface area contributed by atoms with Crippen molar-refractivity contribution in [2.45, 2.75) is 31.8 Å². The van der Waals surface area contributed by atoms with Crippen LogP contribution in [-0.2, 0) is 16.8 Å². The van der Waals surface area contributed by atoms with Crippen LogP contribution in [0.25, 0.3) is 11.0 Å². The van der Waals surface area contributed by atoms with Crippen LogP contribution in [-0.4, -0.2) is 43.8 Å². The highest BCUT2D eigenvalue weighted by atomic mass is 35.5. The summed E-state index contributed by atoms with van der Waals surface area (Å²) in [5.74, 6) is 1.25. The van der Waals surface area contributed by atoms with Crippen LogP contribution in [0.4, 0.5) is 11.5 Å². The second-order valence-electron chi connectivity index (χ2n) is 9.12. The minimum atomic E-state index is -0.127. The van der Waals surface area contributed by atoms with Crippen molar-refractivity contribution < 1.29 is 9.53 Å². The summed E-state index contributed by atoms with van der Waals surface area (Å²) >= 11 is 6.52. The number of hydrogen-bond donors (Lipinski definition) is 2. The van der Waals surface area contributed by atoms with E-state index in [0.29, 0.717) is 36.3 Å². The molecule has 0 atom stereocenters. The van der Waals surface area contributed by atoms with Crippen molar-refractivity contribution in [3.63, 3.8) is 0 Å². The molecule has 0 aliphatic carbocycles. The maximum Gasteiger partial charge on any atom is 0.245 e. The molecule has 2 N–H and O–H groups in total. The Hall–Kier alpha value is -3.91. The maximum absolute atomic E-state index is 12.0. The molecule has 0 spiro atoms. The van der Waals surface area contributed by atoms with Gasteiger partial charge in [0, 0.05) is 31.2 Å². The van der Waals surface area contributed by atoms with Crippen molar-refractivity contribution in [1.29, 1.82) is 0 Å². The molecule has 4 heterocycles. The smallest absolute Gasteiger partial charge is 0.245 e. The normalized spacial score (nSPS) is 15.0. The molecule has 36 heavy (non-hydrogen) atoms. The molecule has 8 nitrogen and oxygen atoms in total. The molecule has 0 bridgehead atoms. The van der Waals surface area contributed by atoms with Gasteiger partial charge in [0.1, 0.15) is 30.1 Å². The summed E-state index contributed by atoms with van der Waals surface area (Å²) in [6, 6.07) is 11.2. The Morgan fingerprint density at radius 2 is 2.08 bits per heavy atom. The van der Waals surface area contributed by atoms with Crippen LogP contribution in [0.3, 0.4) is 0 Å². The van der Waals surface area contributed by atoms with Crippen LogP contribution in [0.2, 0.25) is 5.02 Å². The van der Waals surface area contributed by atoms with Gasteiger partial charge >= 0.3 is 0 Å². The number of piperidine rings is 1. The summed E-state index contributed by atoms with van der Waals surface area (Å²) < 4.78 is 5.84. The van der Waals surface area contributed by atoms with Gasteiger partial charge in [-0.15, -0.1) is 0 Å². The highest BCUT2D eigenvalue weighted by Crippen LogP contribution is 2.41. The summed E-state index contributed by atoms with van der Waals surface area (Å²) in [4.78, 5) is 30.4. The van der Waals surface area contributed by atoms with Gasteiger partial charge in [0.2, 0.25) is 5.91 Å². The average Bonchev–Trinajstić information content (AvgIpc) is 3.35. The third-order valence-electron chi connectivity index (χ3n) is 6.77. The minimum absolute atomic E-state index is 0.0222. The zero-order valence-electron chi connectivity index (χ0n) is 20.0. The predicted molar refractivity (Wildman–Crippen MR) is 141 cm³/mol. The van der Waals surface area contributed by atoms with E-state index in [0.717, 1.165) is 40.8 Å². The molecule has 1 amide bonds. The highest BCUT2D eigenvalue weighted by Gasteiger charge is 2.35. The molecule has 184 valence electrons. The molecule has 0 saturated carbocycles. The third kappa shape index (κ3) is 4.77. The number of hydrogen-bond acceptors (Lipinski definition) is 6. The Morgan fingerprint density at radius 3 is 2.81 bits per heavy atom.